The van der Waals surface area contributed by atoms with Crippen molar-refractivity contribution in [1.82, 2.24) is 9.55 Å². The summed E-state index contributed by atoms with van der Waals surface area (Å²) in [6.07, 6.45) is 8.46. The second-order valence-corrected chi connectivity index (χ2v) is 4.60. The zero-order chi connectivity index (χ0) is 11.7. The maximum Gasteiger partial charge on any atom is 0.123 e. The Balaban J connectivity index is 1.82. The van der Waals surface area contributed by atoms with E-state index < -0.39 is 0 Å². The molecule has 4 heteroatoms. The van der Waals surface area contributed by atoms with Gasteiger partial charge >= 0.3 is 0 Å². The maximum atomic E-state index is 5.57. The standard InChI is InChI=1S/C13H17N3O/c14-6-10-5-11(17-8-10)7-16-9-15-12-3-1-2-4-13(12)16/h5,8-9H,1-4,6-7,14H2. The molecule has 90 valence electrons. The Morgan fingerprint density at radius 3 is 3.06 bits per heavy atom. The number of nitrogens with two attached hydrogens (primary N) is 1. The van der Waals surface area contributed by atoms with Crippen LogP contribution in [0.25, 0.3) is 0 Å². The predicted octanol–water partition coefficient (Wildman–Crippen LogP) is 1.86. The fourth-order valence-corrected chi connectivity index (χ4v) is 2.45. The highest BCUT2D eigenvalue weighted by Crippen LogP contribution is 2.21. The lowest BCUT2D eigenvalue weighted by Crippen LogP contribution is -2.08. The van der Waals surface area contributed by atoms with Gasteiger partial charge in [0.2, 0.25) is 0 Å². The van der Waals surface area contributed by atoms with Gasteiger partial charge < -0.3 is 14.7 Å². The van der Waals surface area contributed by atoms with Gasteiger partial charge in [0.1, 0.15) is 5.76 Å². The molecule has 2 N–H and O–H groups in total. The Bertz CT molecular complexity index is 512. The monoisotopic (exact) mass is 231 g/mol. The van der Waals surface area contributed by atoms with Crippen molar-refractivity contribution in [3.8, 4) is 0 Å². The van der Waals surface area contributed by atoms with Gasteiger partial charge in [0.15, 0.2) is 0 Å². The first kappa shape index (κ1) is 10.6. The Kier molecular flexibility index (Phi) is 2.73. The van der Waals surface area contributed by atoms with Crippen molar-refractivity contribution in [1.29, 1.82) is 0 Å². The van der Waals surface area contributed by atoms with Gasteiger partial charge in [-0.05, 0) is 31.7 Å². The number of aromatic nitrogens is 2. The molecule has 0 spiro atoms. The van der Waals surface area contributed by atoms with Gasteiger partial charge in [-0.15, -0.1) is 0 Å². The summed E-state index contributed by atoms with van der Waals surface area (Å²) in [7, 11) is 0. The van der Waals surface area contributed by atoms with E-state index in [2.05, 4.69) is 9.55 Å². The fourth-order valence-electron chi connectivity index (χ4n) is 2.45. The molecule has 1 aliphatic carbocycles. The lowest BCUT2D eigenvalue weighted by atomic mass is 10.0. The quantitative estimate of drug-likeness (QED) is 0.877. The number of aryl methyl sites for hydroxylation is 1. The number of fused-ring (bicyclic) bond motifs is 1. The molecule has 2 heterocycles. The van der Waals surface area contributed by atoms with Crippen LogP contribution in [0.4, 0.5) is 0 Å². The third-order valence-electron chi connectivity index (χ3n) is 3.38. The van der Waals surface area contributed by atoms with Gasteiger partial charge in [-0.25, -0.2) is 4.98 Å². The highest BCUT2D eigenvalue weighted by Gasteiger charge is 2.15. The Morgan fingerprint density at radius 2 is 2.24 bits per heavy atom. The molecule has 0 amide bonds. The highest BCUT2D eigenvalue weighted by atomic mass is 16.3. The number of rotatable bonds is 3. The average Bonchev–Trinajstić information content (AvgIpc) is 2.97. The molecule has 0 radical (unpaired) electrons. The summed E-state index contributed by atoms with van der Waals surface area (Å²) in [4.78, 5) is 4.48. The van der Waals surface area contributed by atoms with Gasteiger partial charge in [-0.2, -0.15) is 0 Å². The molecule has 0 saturated heterocycles. The molecule has 0 fully saturated rings. The van der Waals surface area contributed by atoms with E-state index in [1.807, 2.05) is 12.4 Å². The number of hydrogen-bond acceptors (Lipinski definition) is 3. The summed E-state index contributed by atoms with van der Waals surface area (Å²) in [5.74, 6) is 0.955. The minimum absolute atomic E-state index is 0.533. The number of nitrogens with zero attached hydrogens (tertiary/aromatic N) is 2. The molecule has 2 aromatic rings. The topological polar surface area (TPSA) is 57.0 Å². The predicted molar refractivity (Wildman–Crippen MR) is 64.6 cm³/mol. The van der Waals surface area contributed by atoms with Crippen molar-refractivity contribution < 1.29 is 4.42 Å². The first-order chi connectivity index (χ1) is 8.36. The summed E-state index contributed by atoms with van der Waals surface area (Å²) >= 11 is 0. The minimum Gasteiger partial charge on any atom is -0.467 e. The number of furan rings is 1. The van der Waals surface area contributed by atoms with Crippen LogP contribution in [0, 0.1) is 0 Å². The highest BCUT2D eigenvalue weighted by molar-refractivity contribution is 5.19. The molecule has 2 aromatic heterocycles. The lowest BCUT2D eigenvalue weighted by molar-refractivity contribution is 0.485. The normalized spacial score (nSPS) is 14.9. The van der Waals surface area contributed by atoms with Crippen LogP contribution in [-0.2, 0) is 25.9 Å². The van der Waals surface area contributed by atoms with E-state index in [4.69, 9.17) is 10.2 Å². The molecule has 0 saturated carbocycles. The van der Waals surface area contributed by atoms with Crippen LogP contribution in [0.2, 0.25) is 0 Å². The van der Waals surface area contributed by atoms with E-state index in [0.717, 1.165) is 30.7 Å². The zero-order valence-corrected chi connectivity index (χ0v) is 9.85. The van der Waals surface area contributed by atoms with Gasteiger partial charge in [-0.1, -0.05) is 0 Å². The van der Waals surface area contributed by atoms with Gasteiger partial charge in [-0.3, -0.25) is 0 Å². The summed E-state index contributed by atoms with van der Waals surface area (Å²) in [5, 5.41) is 0. The molecule has 0 atom stereocenters. The summed E-state index contributed by atoms with van der Waals surface area (Å²) in [6.45, 7) is 1.30. The van der Waals surface area contributed by atoms with E-state index in [1.54, 1.807) is 6.26 Å². The Morgan fingerprint density at radius 1 is 1.35 bits per heavy atom. The number of imidazole rings is 1. The van der Waals surface area contributed by atoms with Crippen molar-refractivity contribution in [3.05, 3.63) is 41.4 Å². The van der Waals surface area contributed by atoms with Gasteiger partial charge in [0.05, 0.1) is 24.8 Å². The molecule has 3 rings (SSSR count). The average molecular weight is 231 g/mol. The molecule has 17 heavy (non-hydrogen) atoms. The lowest BCUT2D eigenvalue weighted by Gasteiger charge is -2.12. The molecule has 0 aliphatic heterocycles. The van der Waals surface area contributed by atoms with E-state index >= 15 is 0 Å². The van der Waals surface area contributed by atoms with Crippen LogP contribution in [0.15, 0.2) is 23.1 Å². The molecule has 0 aromatic carbocycles. The van der Waals surface area contributed by atoms with Crippen LogP contribution in [0.3, 0.4) is 0 Å². The summed E-state index contributed by atoms with van der Waals surface area (Å²) < 4.78 is 7.69. The zero-order valence-electron chi connectivity index (χ0n) is 9.85. The van der Waals surface area contributed by atoms with E-state index in [0.29, 0.717) is 6.54 Å². The third-order valence-corrected chi connectivity index (χ3v) is 3.38. The first-order valence-electron chi connectivity index (χ1n) is 6.16. The largest absolute Gasteiger partial charge is 0.467 e. The Labute approximate surface area is 100 Å². The maximum absolute atomic E-state index is 5.57. The van der Waals surface area contributed by atoms with Crippen molar-refractivity contribution >= 4 is 0 Å². The van der Waals surface area contributed by atoms with E-state index in [1.165, 1.54) is 24.2 Å². The smallest absolute Gasteiger partial charge is 0.123 e. The van der Waals surface area contributed by atoms with Crippen LogP contribution < -0.4 is 5.73 Å². The Hall–Kier alpha value is -1.55. The van der Waals surface area contributed by atoms with Crippen LogP contribution in [-0.4, -0.2) is 9.55 Å². The van der Waals surface area contributed by atoms with Gasteiger partial charge in [0.25, 0.3) is 0 Å². The van der Waals surface area contributed by atoms with E-state index in [-0.39, 0.29) is 0 Å². The minimum atomic E-state index is 0.533. The molecule has 1 aliphatic rings. The van der Waals surface area contributed by atoms with Crippen molar-refractivity contribution in [2.75, 3.05) is 0 Å². The van der Waals surface area contributed by atoms with Crippen LogP contribution >= 0.6 is 0 Å². The van der Waals surface area contributed by atoms with E-state index in [9.17, 15) is 0 Å². The van der Waals surface area contributed by atoms with Crippen molar-refractivity contribution in [2.45, 2.75) is 38.8 Å². The molecule has 0 bridgehead atoms. The third kappa shape index (κ3) is 2.00. The van der Waals surface area contributed by atoms with Crippen molar-refractivity contribution in [2.24, 2.45) is 5.73 Å². The molecule has 0 unspecified atom stereocenters. The summed E-state index contributed by atoms with van der Waals surface area (Å²) in [5.41, 5.74) is 9.26. The van der Waals surface area contributed by atoms with Gasteiger partial charge in [0, 0.05) is 17.8 Å². The first-order valence-corrected chi connectivity index (χ1v) is 6.16. The van der Waals surface area contributed by atoms with Crippen LogP contribution in [0.5, 0.6) is 0 Å². The second kappa shape index (κ2) is 4.37. The van der Waals surface area contributed by atoms with Crippen molar-refractivity contribution in [3.63, 3.8) is 0 Å². The number of hydrogen-bond donors (Lipinski definition) is 1. The SMILES string of the molecule is NCc1coc(Cn2cnc3c2CCCC3)c1. The second-order valence-electron chi connectivity index (χ2n) is 4.60. The van der Waals surface area contributed by atoms with Crippen LogP contribution in [0.1, 0.15) is 35.6 Å². The fraction of sp³-hybridized carbons (Fsp3) is 0.462. The molecular weight excluding hydrogens is 214 g/mol. The summed E-state index contributed by atoms with van der Waals surface area (Å²) in [6, 6.07) is 2.02. The molecule has 4 nitrogen and oxygen atoms in total. The molecular formula is C13H17N3O.